The third kappa shape index (κ3) is 5.25. The Hall–Kier alpha value is -4.52. The molecule has 0 unspecified atom stereocenters. The maximum Gasteiger partial charge on any atom is 0.252 e. The first-order valence-corrected chi connectivity index (χ1v) is 13.5. The minimum Gasteiger partial charge on any atom is -0.362 e. The van der Waals surface area contributed by atoms with Gasteiger partial charge in [-0.3, -0.25) is 4.79 Å². The lowest BCUT2D eigenvalue weighted by atomic mass is 9.91. The van der Waals surface area contributed by atoms with Gasteiger partial charge in [0.25, 0.3) is 5.91 Å². The quantitative estimate of drug-likeness (QED) is 0.285. The second-order valence-corrected chi connectivity index (χ2v) is 10.4. The Kier molecular flexibility index (Phi) is 6.80. The zero-order valence-electron chi connectivity index (χ0n) is 22.3. The first-order valence-electron chi connectivity index (χ1n) is 13.5. The standard InChI is InChI=1S/C32H32N6O/c1-38(2)30-25-13-7-9-15-28(25)36-32(37-30)34-23-18-16-22(17-19-23)33-31(39)26-20-29(21-10-4-3-5-11-21)35-27-14-8-6-12-24(26)27/h3-15,20,22-23H,16-19H2,1-2H3,(H,33,39)(H,34,36,37)/t22-,23+. The number of carbonyl (C=O) groups excluding carboxylic acids is 1. The maximum atomic E-state index is 13.5. The topological polar surface area (TPSA) is 83.0 Å². The number of amides is 1. The van der Waals surface area contributed by atoms with E-state index in [9.17, 15) is 4.79 Å². The van der Waals surface area contributed by atoms with Gasteiger partial charge in [0, 0.05) is 42.5 Å². The predicted octanol–water partition coefficient (Wildman–Crippen LogP) is 6.06. The zero-order chi connectivity index (χ0) is 26.8. The van der Waals surface area contributed by atoms with Crippen molar-refractivity contribution in [3.63, 3.8) is 0 Å². The van der Waals surface area contributed by atoms with Crippen LogP contribution in [0.5, 0.6) is 0 Å². The summed E-state index contributed by atoms with van der Waals surface area (Å²) in [6.45, 7) is 0. The number of nitrogens with zero attached hydrogens (tertiary/aromatic N) is 4. The zero-order valence-corrected chi connectivity index (χ0v) is 22.3. The maximum absolute atomic E-state index is 13.5. The Morgan fingerprint density at radius 3 is 2.08 bits per heavy atom. The molecule has 1 amide bonds. The van der Waals surface area contributed by atoms with Crippen LogP contribution in [-0.2, 0) is 0 Å². The van der Waals surface area contributed by atoms with Crippen LogP contribution in [0, 0.1) is 0 Å². The van der Waals surface area contributed by atoms with Gasteiger partial charge in [-0.15, -0.1) is 0 Å². The number of hydrogen-bond donors (Lipinski definition) is 2. The van der Waals surface area contributed by atoms with Crippen LogP contribution < -0.4 is 15.5 Å². The average molecular weight is 517 g/mol. The van der Waals surface area contributed by atoms with Crippen molar-refractivity contribution < 1.29 is 4.79 Å². The largest absolute Gasteiger partial charge is 0.362 e. The Labute approximate surface area is 228 Å². The van der Waals surface area contributed by atoms with E-state index < -0.39 is 0 Å². The molecule has 3 aromatic carbocycles. The first-order chi connectivity index (χ1) is 19.0. The molecule has 6 rings (SSSR count). The number of carbonyl (C=O) groups is 1. The molecule has 1 aliphatic carbocycles. The monoisotopic (exact) mass is 516 g/mol. The van der Waals surface area contributed by atoms with E-state index in [4.69, 9.17) is 15.0 Å². The minimum atomic E-state index is -0.0457. The normalized spacial score (nSPS) is 17.2. The van der Waals surface area contributed by atoms with Crippen LogP contribution in [-0.4, -0.2) is 47.0 Å². The van der Waals surface area contributed by atoms with Gasteiger partial charge < -0.3 is 15.5 Å². The molecule has 196 valence electrons. The molecule has 0 atom stereocenters. The van der Waals surface area contributed by atoms with Gasteiger partial charge in [0.2, 0.25) is 5.95 Å². The Morgan fingerprint density at radius 2 is 1.36 bits per heavy atom. The average Bonchev–Trinajstić information content (AvgIpc) is 2.97. The SMILES string of the molecule is CN(C)c1nc(N[C@H]2CC[C@@H](NC(=O)c3cc(-c4ccccc4)nc4ccccc34)CC2)nc2ccccc12. The summed E-state index contributed by atoms with van der Waals surface area (Å²) >= 11 is 0. The van der Waals surface area contributed by atoms with Crippen molar-refractivity contribution in [3.8, 4) is 11.3 Å². The van der Waals surface area contributed by atoms with Gasteiger partial charge in [0.05, 0.1) is 22.3 Å². The van der Waals surface area contributed by atoms with Gasteiger partial charge in [0.1, 0.15) is 5.82 Å². The molecule has 2 heterocycles. The van der Waals surface area contributed by atoms with Crippen LogP contribution in [0.3, 0.4) is 0 Å². The van der Waals surface area contributed by atoms with Gasteiger partial charge >= 0.3 is 0 Å². The Balaban J connectivity index is 1.15. The molecule has 1 saturated carbocycles. The number of para-hydroxylation sites is 2. The summed E-state index contributed by atoms with van der Waals surface area (Å²) in [6.07, 6.45) is 3.66. The lowest BCUT2D eigenvalue weighted by Crippen LogP contribution is -2.40. The number of hydrogen-bond acceptors (Lipinski definition) is 6. The van der Waals surface area contributed by atoms with E-state index in [1.165, 1.54) is 0 Å². The highest BCUT2D eigenvalue weighted by Crippen LogP contribution is 2.28. The van der Waals surface area contributed by atoms with Crippen LogP contribution >= 0.6 is 0 Å². The van der Waals surface area contributed by atoms with E-state index in [0.717, 1.165) is 64.6 Å². The second-order valence-electron chi connectivity index (χ2n) is 10.4. The number of anilines is 2. The van der Waals surface area contributed by atoms with E-state index in [1.807, 2.05) is 97.9 Å². The lowest BCUT2D eigenvalue weighted by Gasteiger charge is -2.30. The van der Waals surface area contributed by atoms with Crippen LogP contribution in [0.15, 0.2) is 84.9 Å². The summed E-state index contributed by atoms with van der Waals surface area (Å²) in [5.41, 5.74) is 4.22. The number of rotatable bonds is 6. The van der Waals surface area contributed by atoms with Crippen molar-refractivity contribution >= 4 is 39.5 Å². The van der Waals surface area contributed by atoms with E-state index >= 15 is 0 Å². The number of nitrogens with one attached hydrogen (secondary N) is 2. The van der Waals surface area contributed by atoms with E-state index in [0.29, 0.717) is 11.5 Å². The number of pyridine rings is 1. The Bertz CT molecular complexity index is 1630. The van der Waals surface area contributed by atoms with Crippen molar-refractivity contribution in [3.05, 3.63) is 90.5 Å². The van der Waals surface area contributed by atoms with Crippen molar-refractivity contribution in [2.24, 2.45) is 0 Å². The molecule has 0 radical (unpaired) electrons. The molecule has 2 aromatic heterocycles. The van der Waals surface area contributed by atoms with Crippen LogP contribution in [0.2, 0.25) is 0 Å². The lowest BCUT2D eigenvalue weighted by molar-refractivity contribution is 0.0928. The predicted molar refractivity (Wildman–Crippen MR) is 158 cm³/mol. The third-order valence-corrected chi connectivity index (χ3v) is 7.43. The molecule has 7 heteroatoms. The molecule has 0 spiro atoms. The summed E-state index contributed by atoms with van der Waals surface area (Å²) in [7, 11) is 4.00. The highest BCUT2D eigenvalue weighted by molar-refractivity contribution is 6.07. The summed E-state index contributed by atoms with van der Waals surface area (Å²) in [5, 5.41) is 8.77. The molecule has 39 heavy (non-hydrogen) atoms. The molecule has 1 fully saturated rings. The summed E-state index contributed by atoms with van der Waals surface area (Å²) < 4.78 is 0. The Morgan fingerprint density at radius 1 is 0.744 bits per heavy atom. The van der Waals surface area contributed by atoms with Crippen molar-refractivity contribution in [2.75, 3.05) is 24.3 Å². The molecule has 2 N–H and O–H groups in total. The fourth-order valence-electron chi connectivity index (χ4n) is 5.41. The van der Waals surface area contributed by atoms with E-state index in [-0.39, 0.29) is 18.0 Å². The van der Waals surface area contributed by atoms with Gasteiger partial charge in [-0.2, -0.15) is 4.98 Å². The molecular formula is C32H32N6O. The fraction of sp³-hybridized carbons (Fsp3) is 0.250. The third-order valence-electron chi connectivity index (χ3n) is 7.43. The summed E-state index contributed by atoms with van der Waals surface area (Å²) in [6, 6.07) is 28.2. The van der Waals surface area contributed by atoms with Crippen molar-refractivity contribution in [1.82, 2.24) is 20.3 Å². The highest BCUT2D eigenvalue weighted by atomic mass is 16.1. The molecular weight excluding hydrogens is 484 g/mol. The fourth-order valence-corrected chi connectivity index (χ4v) is 5.41. The van der Waals surface area contributed by atoms with Gasteiger partial charge in [-0.25, -0.2) is 9.97 Å². The molecule has 7 nitrogen and oxygen atoms in total. The molecule has 0 aliphatic heterocycles. The van der Waals surface area contributed by atoms with Gasteiger partial charge in [0.15, 0.2) is 0 Å². The number of fused-ring (bicyclic) bond motifs is 2. The highest BCUT2D eigenvalue weighted by Gasteiger charge is 2.25. The van der Waals surface area contributed by atoms with Crippen LogP contribution in [0.4, 0.5) is 11.8 Å². The van der Waals surface area contributed by atoms with E-state index in [2.05, 4.69) is 16.7 Å². The molecule has 0 bridgehead atoms. The summed E-state index contributed by atoms with van der Waals surface area (Å²) in [5.74, 6) is 1.51. The molecule has 5 aromatic rings. The minimum absolute atomic E-state index is 0.0457. The number of benzene rings is 3. The molecule has 0 saturated heterocycles. The summed E-state index contributed by atoms with van der Waals surface area (Å²) in [4.78, 5) is 29.9. The van der Waals surface area contributed by atoms with Crippen molar-refractivity contribution in [1.29, 1.82) is 0 Å². The van der Waals surface area contributed by atoms with Gasteiger partial charge in [-0.05, 0) is 49.9 Å². The smallest absolute Gasteiger partial charge is 0.252 e. The number of aromatic nitrogens is 3. The van der Waals surface area contributed by atoms with Crippen LogP contribution in [0.1, 0.15) is 36.0 Å². The van der Waals surface area contributed by atoms with E-state index in [1.54, 1.807) is 0 Å². The van der Waals surface area contributed by atoms with Gasteiger partial charge in [-0.1, -0.05) is 60.7 Å². The van der Waals surface area contributed by atoms with Crippen LogP contribution in [0.25, 0.3) is 33.1 Å². The second kappa shape index (κ2) is 10.7. The van der Waals surface area contributed by atoms with Crippen molar-refractivity contribution in [2.45, 2.75) is 37.8 Å². The molecule has 1 aliphatic rings. The first kappa shape index (κ1) is 24.8.